The fourth-order valence-electron chi connectivity index (χ4n) is 3.49. The minimum absolute atomic E-state index is 0.120. The van der Waals surface area contributed by atoms with Crippen LogP contribution in [-0.4, -0.2) is 28.3 Å². The third-order valence-electron chi connectivity index (χ3n) is 4.56. The van der Waals surface area contributed by atoms with Gasteiger partial charge in [0.25, 0.3) is 0 Å². The molecule has 2 heterocycles. The normalized spacial score (nSPS) is 18.0. The first-order valence-electron chi connectivity index (χ1n) is 8.07. The van der Waals surface area contributed by atoms with E-state index in [0.717, 1.165) is 24.3 Å². The predicted molar refractivity (Wildman–Crippen MR) is 91.5 cm³/mol. The van der Waals surface area contributed by atoms with Gasteiger partial charge in [-0.05, 0) is 44.4 Å². The van der Waals surface area contributed by atoms with E-state index in [9.17, 15) is 4.79 Å². The third kappa shape index (κ3) is 3.01. The van der Waals surface area contributed by atoms with Gasteiger partial charge in [-0.3, -0.25) is 9.48 Å². The van der Waals surface area contributed by atoms with E-state index in [4.69, 9.17) is 0 Å². The predicted octanol–water partition coefficient (Wildman–Crippen LogP) is 2.24. The van der Waals surface area contributed by atoms with E-state index < -0.39 is 0 Å². The maximum atomic E-state index is 12.8. The lowest BCUT2D eigenvalue weighted by atomic mass is 10.0. The maximum absolute atomic E-state index is 12.8. The number of aromatic nitrogens is 2. The molecular formula is C18H24N4O. The molecule has 0 radical (unpaired) electrons. The minimum atomic E-state index is -0.120. The van der Waals surface area contributed by atoms with Crippen LogP contribution >= 0.6 is 0 Å². The Labute approximate surface area is 137 Å². The number of nitrogens with one attached hydrogen (secondary N) is 1. The number of anilines is 1. The molecule has 0 spiro atoms. The highest BCUT2D eigenvalue weighted by molar-refractivity contribution is 6.00. The van der Waals surface area contributed by atoms with Gasteiger partial charge in [-0.15, -0.1) is 0 Å². The molecule has 122 valence electrons. The zero-order valence-electron chi connectivity index (χ0n) is 14.3. The van der Waals surface area contributed by atoms with Crippen molar-refractivity contribution in [3.05, 3.63) is 46.8 Å². The summed E-state index contributed by atoms with van der Waals surface area (Å²) >= 11 is 0. The molecule has 23 heavy (non-hydrogen) atoms. The smallest absolute Gasteiger partial charge is 0.244 e. The largest absolute Gasteiger partial charge is 0.310 e. The van der Waals surface area contributed by atoms with E-state index in [1.54, 1.807) is 6.20 Å². The van der Waals surface area contributed by atoms with Crippen molar-refractivity contribution < 1.29 is 4.79 Å². The molecule has 0 saturated carbocycles. The monoisotopic (exact) mass is 312 g/mol. The lowest BCUT2D eigenvalue weighted by Crippen LogP contribution is -2.38. The van der Waals surface area contributed by atoms with Gasteiger partial charge >= 0.3 is 0 Å². The second kappa shape index (κ2) is 6.16. The second-order valence-electron chi connectivity index (χ2n) is 6.41. The number of rotatable bonds is 4. The van der Waals surface area contributed by atoms with E-state index in [1.165, 1.54) is 16.7 Å². The molecule has 1 saturated heterocycles. The first-order valence-corrected chi connectivity index (χ1v) is 8.07. The van der Waals surface area contributed by atoms with E-state index in [0.29, 0.717) is 6.54 Å². The standard InChI is InChI=1S/C18H24N4O/c1-12-9-13(2)17(14(3)10-12)22-8-6-16(18(22)23)19-11-15-5-7-20-21(15)4/h5,7,9-10,16,19H,6,8,11H2,1-4H3/t16-/m1/s1. The SMILES string of the molecule is Cc1cc(C)c(N2CC[C@@H](NCc3ccnn3C)C2=O)c(C)c1. The summed E-state index contributed by atoms with van der Waals surface area (Å²) in [5, 5.41) is 7.53. The number of carbonyl (C=O) groups is 1. The molecule has 1 atom stereocenters. The van der Waals surface area contributed by atoms with Crippen LogP contribution in [0.2, 0.25) is 0 Å². The Bertz CT molecular complexity index is 711. The summed E-state index contributed by atoms with van der Waals surface area (Å²) in [4.78, 5) is 14.7. The Morgan fingerprint density at radius 2 is 1.96 bits per heavy atom. The molecule has 0 bridgehead atoms. The fourth-order valence-corrected chi connectivity index (χ4v) is 3.49. The van der Waals surface area contributed by atoms with Crippen molar-refractivity contribution in [2.75, 3.05) is 11.4 Å². The number of benzene rings is 1. The Balaban J connectivity index is 1.73. The summed E-state index contributed by atoms with van der Waals surface area (Å²) < 4.78 is 1.83. The highest BCUT2D eigenvalue weighted by Crippen LogP contribution is 2.30. The maximum Gasteiger partial charge on any atom is 0.244 e. The molecule has 3 rings (SSSR count). The van der Waals surface area contributed by atoms with Crippen LogP contribution in [0.1, 0.15) is 28.8 Å². The lowest BCUT2D eigenvalue weighted by molar-refractivity contribution is -0.118. The molecule has 1 fully saturated rings. The Hall–Kier alpha value is -2.14. The summed E-state index contributed by atoms with van der Waals surface area (Å²) in [6.45, 7) is 7.69. The Morgan fingerprint density at radius 3 is 2.57 bits per heavy atom. The van der Waals surface area contributed by atoms with Crippen molar-refractivity contribution in [3.63, 3.8) is 0 Å². The van der Waals surface area contributed by atoms with Gasteiger partial charge in [0.2, 0.25) is 5.91 Å². The second-order valence-corrected chi connectivity index (χ2v) is 6.41. The van der Waals surface area contributed by atoms with Crippen molar-refractivity contribution in [2.45, 2.75) is 39.8 Å². The third-order valence-corrected chi connectivity index (χ3v) is 4.56. The summed E-state index contributed by atoms with van der Waals surface area (Å²) in [5.41, 5.74) is 5.73. The van der Waals surface area contributed by atoms with Crippen LogP contribution < -0.4 is 10.2 Å². The Kier molecular flexibility index (Phi) is 4.22. The van der Waals surface area contributed by atoms with E-state index in [-0.39, 0.29) is 11.9 Å². The number of amides is 1. The van der Waals surface area contributed by atoms with Gasteiger partial charge < -0.3 is 10.2 Å². The molecule has 0 unspecified atom stereocenters. The quantitative estimate of drug-likeness (QED) is 0.942. The molecule has 1 aromatic carbocycles. The highest BCUT2D eigenvalue weighted by Gasteiger charge is 2.33. The van der Waals surface area contributed by atoms with Crippen LogP contribution in [0, 0.1) is 20.8 Å². The molecule has 2 aromatic rings. The fraction of sp³-hybridized carbons (Fsp3) is 0.444. The molecule has 5 nitrogen and oxygen atoms in total. The molecule has 1 aliphatic heterocycles. The van der Waals surface area contributed by atoms with Crippen LogP contribution in [0.5, 0.6) is 0 Å². The van der Waals surface area contributed by atoms with Gasteiger partial charge in [0.15, 0.2) is 0 Å². The molecule has 0 aliphatic carbocycles. The molecule has 1 aliphatic rings. The first kappa shape index (κ1) is 15.7. The van der Waals surface area contributed by atoms with E-state index in [2.05, 4.69) is 43.3 Å². The number of aryl methyl sites for hydroxylation is 4. The van der Waals surface area contributed by atoms with E-state index in [1.807, 2.05) is 22.7 Å². The van der Waals surface area contributed by atoms with Crippen LogP contribution in [0.25, 0.3) is 0 Å². The van der Waals surface area contributed by atoms with Crippen LogP contribution in [0.3, 0.4) is 0 Å². The van der Waals surface area contributed by atoms with Crippen LogP contribution in [-0.2, 0) is 18.4 Å². The van der Waals surface area contributed by atoms with Gasteiger partial charge in [-0.25, -0.2) is 0 Å². The highest BCUT2D eigenvalue weighted by atomic mass is 16.2. The molecule has 1 aromatic heterocycles. The van der Waals surface area contributed by atoms with E-state index >= 15 is 0 Å². The summed E-state index contributed by atoms with van der Waals surface area (Å²) in [6.07, 6.45) is 2.61. The summed E-state index contributed by atoms with van der Waals surface area (Å²) in [7, 11) is 1.92. The van der Waals surface area contributed by atoms with Gasteiger partial charge in [-0.1, -0.05) is 17.7 Å². The number of hydrogen-bond acceptors (Lipinski definition) is 3. The van der Waals surface area contributed by atoms with Crippen molar-refractivity contribution in [2.24, 2.45) is 7.05 Å². The summed E-state index contributed by atoms with van der Waals surface area (Å²) in [5.74, 6) is 0.169. The molecule has 1 amide bonds. The topological polar surface area (TPSA) is 50.2 Å². The average Bonchev–Trinajstić information content (AvgIpc) is 3.03. The number of nitrogens with zero attached hydrogens (tertiary/aromatic N) is 3. The Morgan fingerprint density at radius 1 is 1.26 bits per heavy atom. The number of carbonyl (C=O) groups excluding carboxylic acids is 1. The van der Waals surface area contributed by atoms with Crippen molar-refractivity contribution in [1.29, 1.82) is 0 Å². The van der Waals surface area contributed by atoms with Crippen molar-refractivity contribution in [1.82, 2.24) is 15.1 Å². The zero-order chi connectivity index (χ0) is 16.6. The zero-order valence-corrected chi connectivity index (χ0v) is 14.3. The van der Waals surface area contributed by atoms with Gasteiger partial charge in [-0.2, -0.15) is 5.10 Å². The lowest BCUT2D eigenvalue weighted by Gasteiger charge is -2.22. The molecular weight excluding hydrogens is 288 g/mol. The van der Waals surface area contributed by atoms with Crippen LogP contribution in [0.15, 0.2) is 24.4 Å². The minimum Gasteiger partial charge on any atom is -0.310 e. The summed E-state index contributed by atoms with van der Waals surface area (Å²) in [6, 6.07) is 6.14. The average molecular weight is 312 g/mol. The van der Waals surface area contributed by atoms with Gasteiger partial charge in [0, 0.05) is 32.0 Å². The van der Waals surface area contributed by atoms with Crippen LogP contribution in [0.4, 0.5) is 5.69 Å². The van der Waals surface area contributed by atoms with Gasteiger partial charge in [0.05, 0.1) is 11.7 Å². The van der Waals surface area contributed by atoms with Crippen molar-refractivity contribution >= 4 is 11.6 Å². The number of hydrogen-bond donors (Lipinski definition) is 1. The van der Waals surface area contributed by atoms with Crippen molar-refractivity contribution in [3.8, 4) is 0 Å². The van der Waals surface area contributed by atoms with Gasteiger partial charge in [0.1, 0.15) is 0 Å². The first-order chi connectivity index (χ1) is 11.0. The molecule has 5 heteroatoms. The molecule has 1 N–H and O–H groups in total.